The second-order valence-electron chi connectivity index (χ2n) is 4.49. The summed E-state index contributed by atoms with van der Waals surface area (Å²) in [5.74, 6) is 6.59. The van der Waals surface area contributed by atoms with Gasteiger partial charge >= 0.3 is 0 Å². The molecule has 0 aliphatic heterocycles. The van der Waals surface area contributed by atoms with Crippen molar-refractivity contribution in [2.24, 2.45) is 12.9 Å². The van der Waals surface area contributed by atoms with E-state index in [9.17, 15) is 0 Å². The molecule has 1 unspecified atom stereocenters. The molecule has 4 nitrogen and oxygen atoms in total. The van der Waals surface area contributed by atoms with E-state index in [-0.39, 0.29) is 6.04 Å². The Hall–Kier alpha value is -1.65. The molecule has 3 N–H and O–H groups in total. The Bertz CT molecular complexity index is 487. The third-order valence-electron chi connectivity index (χ3n) is 3.24. The first-order valence-electron chi connectivity index (χ1n) is 6.25. The number of hydrazine groups is 1. The average Bonchev–Trinajstić information content (AvgIpc) is 2.83. The monoisotopic (exact) mass is 244 g/mol. The third-order valence-corrected chi connectivity index (χ3v) is 3.24. The maximum Gasteiger partial charge on any atom is 0.127 e. The van der Waals surface area contributed by atoms with Gasteiger partial charge in [0, 0.05) is 19.4 Å². The van der Waals surface area contributed by atoms with Gasteiger partial charge in [-0.1, -0.05) is 31.2 Å². The van der Waals surface area contributed by atoms with E-state index in [1.807, 2.05) is 17.8 Å². The summed E-state index contributed by atoms with van der Waals surface area (Å²) in [6, 6.07) is 8.69. The van der Waals surface area contributed by atoms with Gasteiger partial charge in [0.1, 0.15) is 5.82 Å². The molecule has 2 rings (SSSR count). The minimum absolute atomic E-state index is 0.0393. The molecule has 0 aliphatic rings. The molecule has 0 spiro atoms. The largest absolute Gasteiger partial charge is 0.337 e. The lowest BCUT2D eigenvalue weighted by Crippen LogP contribution is -2.31. The zero-order valence-corrected chi connectivity index (χ0v) is 10.9. The van der Waals surface area contributed by atoms with Crippen LogP contribution in [-0.2, 0) is 19.9 Å². The van der Waals surface area contributed by atoms with Crippen LogP contribution in [0.1, 0.15) is 29.9 Å². The smallest absolute Gasteiger partial charge is 0.127 e. The highest BCUT2D eigenvalue weighted by Gasteiger charge is 2.14. The minimum atomic E-state index is 0.0393. The van der Waals surface area contributed by atoms with Crippen molar-refractivity contribution in [1.29, 1.82) is 0 Å². The van der Waals surface area contributed by atoms with Crippen LogP contribution in [0.15, 0.2) is 36.7 Å². The maximum atomic E-state index is 5.63. The van der Waals surface area contributed by atoms with E-state index in [0.29, 0.717) is 0 Å². The molecule has 2 aromatic rings. The van der Waals surface area contributed by atoms with Gasteiger partial charge in [0.2, 0.25) is 0 Å². The SMILES string of the molecule is CCc1ccc(CC(NN)c2nccn2C)cc1. The number of hydrogen-bond donors (Lipinski definition) is 2. The van der Waals surface area contributed by atoms with Crippen LogP contribution in [-0.4, -0.2) is 9.55 Å². The van der Waals surface area contributed by atoms with E-state index in [2.05, 4.69) is 41.6 Å². The fourth-order valence-electron chi connectivity index (χ4n) is 2.08. The molecule has 1 atom stereocenters. The van der Waals surface area contributed by atoms with Gasteiger partial charge in [-0.2, -0.15) is 0 Å². The molecular formula is C14H20N4. The first-order chi connectivity index (χ1) is 8.74. The fraction of sp³-hybridized carbons (Fsp3) is 0.357. The van der Waals surface area contributed by atoms with Gasteiger partial charge in [-0.05, 0) is 24.0 Å². The van der Waals surface area contributed by atoms with Gasteiger partial charge in [-0.3, -0.25) is 5.84 Å². The Morgan fingerprint density at radius 2 is 1.94 bits per heavy atom. The van der Waals surface area contributed by atoms with E-state index in [1.165, 1.54) is 11.1 Å². The highest BCUT2D eigenvalue weighted by atomic mass is 15.3. The van der Waals surface area contributed by atoms with Crippen molar-refractivity contribution in [2.45, 2.75) is 25.8 Å². The van der Waals surface area contributed by atoms with Gasteiger partial charge in [-0.25, -0.2) is 10.4 Å². The van der Waals surface area contributed by atoms with Crippen LogP contribution < -0.4 is 11.3 Å². The van der Waals surface area contributed by atoms with Crippen LogP contribution in [0.25, 0.3) is 0 Å². The highest BCUT2D eigenvalue weighted by Crippen LogP contribution is 2.16. The van der Waals surface area contributed by atoms with E-state index in [4.69, 9.17) is 5.84 Å². The van der Waals surface area contributed by atoms with Crippen molar-refractivity contribution >= 4 is 0 Å². The van der Waals surface area contributed by atoms with Crippen LogP contribution >= 0.6 is 0 Å². The normalized spacial score (nSPS) is 12.6. The predicted octanol–water partition coefficient (Wildman–Crippen LogP) is 1.73. The van der Waals surface area contributed by atoms with Crippen LogP contribution in [0.5, 0.6) is 0 Å². The topological polar surface area (TPSA) is 55.9 Å². The molecule has 1 aromatic heterocycles. The molecule has 18 heavy (non-hydrogen) atoms. The van der Waals surface area contributed by atoms with Crippen molar-refractivity contribution in [3.8, 4) is 0 Å². The van der Waals surface area contributed by atoms with Crippen molar-refractivity contribution in [1.82, 2.24) is 15.0 Å². The molecule has 4 heteroatoms. The highest BCUT2D eigenvalue weighted by molar-refractivity contribution is 5.24. The second kappa shape index (κ2) is 5.80. The molecular weight excluding hydrogens is 224 g/mol. The quantitative estimate of drug-likeness (QED) is 0.622. The summed E-state index contributed by atoms with van der Waals surface area (Å²) < 4.78 is 1.99. The zero-order chi connectivity index (χ0) is 13.0. The molecule has 0 fully saturated rings. The second-order valence-corrected chi connectivity index (χ2v) is 4.49. The number of rotatable bonds is 5. The third kappa shape index (κ3) is 2.78. The van der Waals surface area contributed by atoms with Crippen molar-refractivity contribution in [2.75, 3.05) is 0 Å². The molecule has 96 valence electrons. The molecule has 0 aliphatic carbocycles. The Kier molecular flexibility index (Phi) is 4.12. The van der Waals surface area contributed by atoms with E-state index in [1.54, 1.807) is 6.20 Å². The van der Waals surface area contributed by atoms with Crippen molar-refractivity contribution in [3.63, 3.8) is 0 Å². The number of aromatic nitrogens is 2. The first-order valence-corrected chi connectivity index (χ1v) is 6.25. The number of nitrogens with zero attached hydrogens (tertiary/aromatic N) is 2. The van der Waals surface area contributed by atoms with Gasteiger partial charge < -0.3 is 4.57 Å². The summed E-state index contributed by atoms with van der Waals surface area (Å²) in [4.78, 5) is 4.34. The Morgan fingerprint density at radius 3 is 2.44 bits per heavy atom. The molecule has 0 amide bonds. The van der Waals surface area contributed by atoms with Crippen molar-refractivity contribution < 1.29 is 0 Å². The lowest BCUT2D eigenvalue weighted by atomic mass is 10.0. The maximum absolute atomic E-state index is 5.63. The van der Waals surface area contributed by atoms with E-state index in [0.717, 1.165) is 18.7 Å². The Morgan fingerprint density at radius 1 is 1.28 bits per heavy atom. The number of aryl methyl sites for hydroxylation is 2. The van der Waals surface area contributed by atoms with Crippen molar-refractivity contribution in [3.05, 3.63) is 53.6 Å². The Balaban J connectivity index is 2.13. The molecule has 0 radical (unpaired) electrons. The number of benzene rings is 1. The number of hydrogen-bond acceptors (Lipinski definition) is 3. The molecule has 1 aromatic carbocycles. The lowest BCUT2D eigenvalue weighted by Gasteiger charge is -2.16. The number of nitrogens with two attached hydrogens (primary N) is 1. The fourth-order valence-corrected chi connectivity index (χ4v) is 2.08. The summed E-state index contributed by atoms with van der Waals surface area (Å²) in [6.07, 6.45) is 5.63. The number of imidazole rings is 1. The molecule has 0 saturated carbocycles. The summed E-state index contributed by atoms with van der Waals surface area (Å²) in [5, 5.41) is 0. The predicted molar refractivity (Wildman–Crippen MR) is 72.8 cm³/mol. The van der Waals surface area contributed by atoms with Crippen LogP contribution in [0.3, 0.4) is 0 Å². The summed E-state index contributed by atoms with van der Waals surface area (Å²) >= 11 is 0. The minimum Gasteiger partial charge on any atom is -0.337 e. The van der Waals surface area contributed by atoms with Crippen LogP contribution in [0, 0.1) is 0 Å². The summed E-state index contributed by atoms with van der Waals surface area (Å²) in [6.45, 7) is 2.16. The lowest BCUT2D eigenvalue weighted by molar-refractivity contribution is 0.507. The first kappa shape index (κ1) is 12.8. The molecule has 0 saturated heterocycles. The Labute approximate surface area is 108 Å². The van der Waals surface area contributed by atoms with Gasteiger partial charge in [0.15, 0.2) is 0 Å². The van der Waals surface area contributed by atoms with Gasteiger partial charge in [0.25, 0.3) is 0 Å². The van der Waals surface area contributed by atoms with Gasteiger partial charge in [0.05, 0.1) is 6.04 Å². The molecule has 0 bridgehead atoms. The van der Waals surface area contributed by atoms with E-state index < -0.39 is 0 Å². The standard InChI is InChI=1S/C14H20N4/c1-3-11-4-6-12(7-5-11)10-13(17-15)14-16-8-9-18(14)2/h4-9,13,17H,3,10,15H2,1-2H3. The van der Waals surface area contributed by atoms with Gasteiger partial charge in [-0.15, -0.1) is 0 Å². The molecule has 1 heterocycles. The summed E-state index contributed by atoms with van der Waals surface area (Å²) in [5.41, 5.74) is 5.46. The average molecular weight is 244 g/mol. The van der Waals surface area contributed by atoms with Crippen LogP contribution in [0.2, 0.25) is 0 Å². The van der Waals surface area contributed by atoms with E-state index >= 15 is 0 Å². The van der Waals surface area contributed by atoms with Crippen LogP contribution in [0.4, 0.5) is 0 Å². The summed E-state index contributed by atoms with van der Waals surface area (Å²) in [7, 11) is 1.98. The zero-order valence-electron chi connectivity index (χ0n) is 10.9. The number of nitrogens with one attached hydrogen (secondary N) is 1.